The van der Waals surface area contributed by atoms with Gasteiger partial charge in [0.25, 0.3) is 0 Å². The molecular weight excluding hydrogens is 254 g/mol. The minimum absolute atomic E-state index is 0.130. The van der Waals surface area contributed by atoms with E-state index in [0.29, 0.717) is 12.3 Å². The van der Waals surface area contributed by atoms with E-state index in [9.17, 15) is 4.79 Å². The number of amides is 1. The van der Waals surface area contributed by atoms with E-state index in [0.717, 1.165) is 0 Å². The standard InChI is InChI=1S/C16H25NOS/c1-13(2)17(11-14-9-7-6-8-10-14)15(18)12-19-16(3,4)5/h6-10,13H,11-12H2,1-5H3. The summed E-state index contributed by atoms with van der Waals surface area (Å²) in [6.07, 6.45) is 0. The molecule has 0 aliphatic carbocycles. The van der Waals surface area contributed by atoms with Crippen LogP contribution >= 0.6 is 11.8 Å². The van der Waals surface area contributed by atoms with Gasteiger partial charge in [0.05, 0.1) is 5.75 Å². The Labute approximate surface area is 121 Å². The van der Waals surface area contributed by atoms with Gasteiger partial charge in [0.15, 0.2) is 0 Å². The summed E-state index contributed by atoms with van der Waals surface area (Å²) in [5.74, 6) is 0.771. The van der Waals surface area contributed by atoms with Crippen molar-refractivity contribution < 1.29 is 4.79 Å². The number of benzene rings is 1. The summed E-state index contributed by atoms with van der Waals surface area (Å²) in [5.41, 5.74) is 1.19. The third-order valence-corrected chi connectivity index (χ3v) is 4.03. The Morgan fingerprint density at radius 1 is 1.21 bits per heavy atom. The topological polar surface area (TPSA) is 20.3 Å². The lowest BCUT2D eigenvalue weighted by Gasteiger charge is -2.28. The van der Waals surface area contributed by atoms with Crippen molar-refractivity contribution in [3.05, 3.63) is 35.9 Å². The zero-order valence-electron chi connectivity index (χ0n) is 12.6. The van der Waals surface area contributed by atoms with Gasteiger partial charge >= 0.3 is 0 Å². The van der Waals surface area contributed by atoms with Crippen molar-refractivity contribution in [2.75, 3.05) is 5.75 Å². The monoisotopic (exact) mass is 279 g/mol. The maximum absolute atomic E-state index is 12.3. The van der Waals surface area contributed by atoms with Crippen molar-refractivity contribution in [1.82, 2.24) is 4.90 Å². The third-order valence-electron chi connectivity index (χ3n) is 2.77. The summed E-state index contributed by atoms with van der Waals surface area (Å²) in [6, 6.07) is 10.4. The predicted molar refractivity (Wildman–Crippen MR) is 84.3 cm³/mol. The molecule has 3 heteroatoms. The van der Waals surface area contributed by atoms with Crippen LogP contribution in [0.2, 0.25) is 0 Å². The molecule has 1 aromatic carbocycles. The number of hydrogen-bond acceptors (Lipinski definition) is 2. The van der Waals surface area contributed by atoms with Crippen molar-refractivity contribution in [3.63, 3.8) is 0 Å². The van der Waals surface area contributed by atoms with Gasteiger partial charge < -0.3 is 4.90 Å². The van der Waals surface area contributed by atoms with Gasteiger partial charge in [-0.1, -0.05) is 51.1 Å². The lowest BCUT2D eigenvalue weighted by Crippen LogP contribution is -2.38. The smallest absolute Gasteiger partial charge is 0.233 e. The van der Waals surface area contributed by atoms with E-state index < -0.39 is 0 Å². The van der Waals surface area contributed by atoms with Gasteiger partial charge in [-0.05, 0) is 19.4 Å². The average molecular weight is 279 g/mol. The fourth-order valence-corrected chi connectivity index (χ4v) is 2.42. The van der Waals surface area contributed by atoms with Crippen LogP contribution in [0.25, 0.3) is 0 Å². The molecule has 0 radical (unpaired) electrons. The number of carbonyl (C=O) groups is 1. The molecule has 0 bridgehead atoms. The van der Waals surface area contributed by atoms with Gasteiger partial charge in [-0.2, -0.15) is 0 Å². The van der Waals surface area contributed by atoms with Crippen molar-refractivity contribution in [2.24, 2.45) is 0 Å². The van der Waals surface area contributed by atoms with E-state index in [2.05, 4.69) is 46.8 Å². The van der Waals surface area contributed by atoms with Crippen LogP contribution in [0.5, 0.6) is 0 Å². The van der Waals surface area contributed by atoms with Crippen molar-refractivity contribution in [1.29, 1.82) is 0 Å². The molecule has 1 rings (SSSR count). The highest BCUT2D eigenvalue weighted by atomic mass is 32.2. The van der Waals surface area contributed by atoms with Crippen LogP contribution in [-0.2, 0) is 11.3 Å². The van der Waals surface area contributed by atoms with Crippen molar-refractivity contribution >= 4 is 17.7 Å². The highest BCUT2D eigenvalue weighted by Crippen LogP contribution is 2.24. The number of nitrogens with zero attached hydrogens (tertiary/aromatic N) is 1. The van der Waals surface area contributed by atoms with Gasteiger partial charge in [0.1, 0.15) is 0 Å². The molecule has 0 aromatic heterocycles. The van der Waals surface area contributed by atoms with Crippen LogP contribution in [-0.4, -0.2) is 27.3 Å². The van der Waals surface area contributed by atoms with E-state index in [1.807, 2.05) is 23.1 Å². The molecule has 0 N–H and O–H groups in total. The first-order valence-electron chi connectivity index (χ1n) is 6.77. The van der Waals surface area contributed by atoms with Gasteiger partial charge in [0.2, 0.25) is 5.91 Å². The minimum atomic E-state index is 0.130. The number of rotatable bonds is 5. The largest absolute Gasteiger partial charge is 0.335 e. The number of thioether (sulfide) groups is 1. The van der Waals surface area contributed by atoms with E-state index in [1.165, 1.54) is 5.56 Å². The fourth-order valence-electron chi connectivity index (χ4n) is 1.70. The molecule has 0 saturated carbocycles. The highest BCUT2D eigenvalue weighted by Gasteiger charge is 2.20. The quantitative estimate of drug-likeness (QED) is 0.813. The molecule has 106 valence electrons. The zero-order valence-corrected chi connectivity index (χ0v) is 13.5. The van der Waals surface area contributed by atoms with Crippen LogP contribution < -0.4 is 0 Å². The lowest BCUT2D eigenvalue weighted by atomic mass is 10.2. The molecule has 0 unspecified atom stereocenters. The second-order valence-electron chi connectivity index (χ2n) is 6.00. The second kappa shape index (κ2) is 6.99. The Hall–Kier alpha value is -0.960. The minimum Gasteiger partial charge on any atom is -0.335 e. The summed E-state index contributed by atoms with van der Waals surface area (Å²) >= 11 is 1.71. The average Bonchev–Trinajstić information content (AvgIpc) is 2.33. The Morgan fingerprint density at radius 3 is 2.26 bits per heavy atom. The lowest BCUT2D eigenvalue weighted by molar-refractivity contribution is -0.130. The first-order chi connectivity index (χ1) is 8.79. The fraction of sp³-hybridized carbons (Fsp3) is 0.562. The molecule has 1 amide bonds. The summed E-state index contributed by atoms with van der Waals surface area (Å²) in [7, 11) is 0. The molecule has 1 aromatic rings. The van der Waals surface area contributed by atoms with Crippen LogP contribution in [0.1, 0.15) is 40.2 Å². The molecule has 2 nitrogen and oxygen atoms in total. The number of carbonyl (C=O) groups excluding carboxylic acids is 1. The normalized spacial score (nSPS) is 11.7. The molecule has 0 aliphatic rings. The maximum Gasteiger partial charge on any atom is 0.233 e. The molecule has 0 spiro atoms. The van der Waals surface area contributed by atoms with Gasteiger partial charge in [-0.25, -0.2) is 0 Å². The first-order valence-corrected chi connectivity index (χ1v) is 7.75. The number of hydrogen-bond donors (Lipinski definition) is 0. The van der Waals surface area contributed by atoms with Crippen LogP contribution in [0, 0.1) is 0 Å². The van der Waals surface area contributed by atoms with E-state index in [4.69, 9.17) is 0 Å². The van der Waals surface area contributed by atoms with Crippen LogP contribution in [0.15, 0.2) is 30.3 Å². The third kappa shape index (κ3) is 6.15. The maximum atomic E-state index is 12.3. The molecule has 0 saturated heterocycles. The van der Waals surface area contributed by atoms with Gasteiger partial charge in [-0.3, -0.25) is 4.79 Å². The molecular formula is C16H25NOS. The van der Waals surface area contributed by atoms with E-state index in [1.54, 1.807) is 11.8 Å². The molecule has 0 fully saturated rings. The van der Waals surface area contributed by atoms with E-state index in [-0.39, 0.29) is 16.7 Å². The van der Waals surface area contributed by atoms with Crippen molar-refractivity contribution in [2.45, 2.75) is 52.0 Å². The molecule has 0 atom stereocenters. The Bertz CT molecular complexity index is 395. The predicted octanol–water partition coefficient (Wildman–Crippen LogP) is 3.96. The summed E-state index contributed by atoms with van der Waals surface area (Å²) in [6.45, 7) is 11.3. The summed E-state index contributed by atoms with van der Waals surface area (Å²) in [4.78, 5) is 14.3. The second-order valence-corrected chi connectivity index (χ2v) is 7.80. The van der Waals surface area contributed by atoms with Crippen LogP contribution in [0.4, 0.5) is 0 Å². The SMILES string of the molecule is CC(C)N(Cc1ccccc1)C(=O)CSC(C)(C)C. The Kier molecular flexibility index (Phi) is 5.92. The van der Waals surface area contributed by atoms with Crippen LogP contribution in [0.3, 0.4) is 0 Å². The summed E-state index contributed by atoms with van der Waals surface area (Å²) in [5, 5.41) is 0. The van der Waals surface area contributed by atoms with Gasteiger partial charge in [0, 0.05) is 17.3 Å². The Balaban J connectivity index is 2.65. The Morgan fingerprint density at radius 2 is 1.79 bits per heavy atom. The zero-order chi connectivity index (χ0) is 14.5. The molecule has 19 heavy (non-hydrogen) atoms. The summed E-state index contributed by atoms with van der Waals surface area (Å²) < 4.78 is 0.130. The van der Waals surface area contributed by atoms with E-state index >= 15 is 0 Å². The molecule has 0 heterocycles. The molecule has 0 aliphatic heterocycles. The van der Waals surface area contributed by atoms with Crippen molar-refractivity contribution in [3.8, 4) is 0 Å². The van der Waals surface area contributed by atoms with Gasteiger partial charge in [-0.15, -0.1) is 11.8 Å². The first kappa shape index (κ1) is 16.1. The highest BCUT2D eigenvalue weighted by molar-refractivity contribution is 8.01.